The van der Waals surface area contributed by atoms with Crippen molar-refractivity contribution in [2.75, 3.05) is 13.1 Å². The molecule has 2 unspecified atom stereocenters. The van der Waals surface area contributed by atoms with Crippen LogP contribution in [0, 0.1) is 6.92 Å². The van der Waals surface area contributed by atoms with E-state index in [-0.39, 0.29) is 11.3 Å². The maximum atomic E-state index is 13.6. The van der Waals surface area contributed by atoms with Crippen molar-refractivity contribution in [3.05, 3.63) is 47.3 Å². The first-order valence-electron chi connectivity index (χ1n) is 10.0. The van der Waals surface area contributed by atoms with Crippen LogP contribution in [0.3, 0.4) is 0 Å². The molecule has 2 aromatic rings. The molecule has 3 heterocycles. The number of carbonyl (C=O) groups excluding carboxylic acids is 1. The molecule has 0 spiro atoms. The van der Waals surface area contributed by atoms with E-state index in [1.165, 1.54) is 5.56 Å². The van der Waals surface area contributed by atoms with Gasteiger partial charge in [-0.05, 0) is 44.9 Å². The van der Waals surface area contributed by atoms with Crippen LogP contribution in [0.4, 0.5) is 0 Å². The number of amides is 1. The summed E-state index contributed by atoms with van der Waals surface area (Å²) in [6.45, 7) is 10.4. The fourth-order valence-corrected chi connectivity index (χ4v) is 4.37. The average Bonchev–Trinajstić information content (AvgIpc) is 3.15. The number of nitrogens with zero attached hydrogens (tertiary/aromatic N) is 3. The van der Waals surface area contributed by atoms with Gasteiger partial charge in [0.05, 0.1) is 16.9 Å². The molecule has 0 aliphatic carbocycles. The molecule has 0 saturated carbocycles. The molecule has 2 bridgehead atoms. The molecule has 1 N–H and O–H groups in total. The molecule has 1 aromatic heterocycles. The Balaban J connectivity index is 1.74. The highest BCUT2D eigenvalue weighted by Crippen LogP contribution is 2.33. The summed E-state index contributed by atoms with van der Waals surface area (Å²) in [5.74, 6) is 0.148. The molecule has 2 aliphatic heterocycles. The van der Waals surface area contributed by atoms with Gasteiger partial charge < -0.3 is 10.2 Å². The van der Waals surface area contributed by atoms with Crippen molar-refractivity contribution in [3.63, 3.8) is 0 Å². The lowest BCUT2D eigenvalue weighted by Crippen LogP contribution is -2.43. The minimum atomic E-state index is -0.190. The van der Waals surface area contributed by atoms with Crippen molar-refractivity contribution in [3.8, 4) is 5.69 Å². The number of benzene rings is 1. The van der Waals surface area contributed by atoms with Gasteiger partial charge in [-0.3, -0.25) is 4.79 Å². The molecule has 27 heavy (non-hydrogen) atoms. The number of hydrogen-bond donors (Lipinski definition) is 1. The Morgan fingerprint density at radius 1 is 1.11 bits per heavy atom. The van der Waals surface area contributed by atoms with Crippen LogP contribution < -0.4 is 5.32 Å². The molecule has 1 amide bonds. The number of aryl methyl sites for hydroxylation is 1. The lowest BCUT2D eigenvalue weighted by Gasteiger charge is -2.29. The zero-order valence-corrected chi connectivity index (χ0v) is 16.8. The summed E-state index contributed by atoms with van der Waals surface area (Å²) in [5, 5.41) is 8.33. The average molecular weight is 367 g/mol. The second-order valence-corrected chi connectivity index (χ2v) is 9.01. The Morgan fingerprint density at radius 2 is 1.81 bits per heavy atom. The van der Waals surface area contributed by atoms with Crippen LogP contribution in [0.25, 0.3) is 5.69 Å². The summed E-state index contributed by atoms with van der Waals surface area (Å²) < 4.78 is 1.87. The second kappa shape index (κ2) is 6.79. The summed E-state index contributed by atoms with van der Waals surface area (Å²) in [6, 6.07) is 8.94. The van der Waals surface area contributed by atoms with Gasteiger partial charge in [-0.2, -0.15) is 5.10 Å². The molecule has 1 aromatic carbocycles. The Labute approximate surface area is 161 Å². The Bertz CT molecular complexity index is 817. The predicted octanol–water partition coefficient (Wildman–Crippen LogP) is 3.44. The van der Waals surface area contributed by atoms with Crippen molar-refractivity contribution in [2.24, 2.45) is 0 Å². The number of fused-ring (bicyclic) bond motifs is 2. The van der Waals surface area contributed by atoms with Crippen LogP contribution in [0.5, 0.6) is 0 Å². The van der Waals surface area contributed by atoms with Gasteiger partial charge in [0, 0.05) is 30.2 Å². The summed E-state index contributed by atoms with van der Waals surface area (Å²) in [7, 11) is 0. The molecular formula is C22H30N4O. The monoisotopic (exact) mass is 366 g/mol. The minimum Gasteiger partial charge on any atom is -0.331 e. The molecule has 5 nitrogen and oxygen atoms in total. The predicted molar refractivity (Wildman–Crippen MR) is 107 cm³/mol. The van der Waals surface area contributed by atoms with Crippen LogP contribution in [-0.2, 0) is 5.41 Å². The molecule has 0 radical (unpaired) electrons. The lowest BCUT2D eigenvalue weighted by molar-refractivity contribution is 0.0677. The molecule has 2 aliphatic rings. The third-order valence-corrected chi connectivity index (χ3v) is 5.84. The first kappa shape index (κ1) is 18.2. The van der Waals surface area contributed by atoms with Crippen molar-refractivity contribution >= 4 is 5.91 Å². The van der Waals surface area contributed by atoms with E-state index < -0.39 is 0 Å². The fraction of sp³-hybridized carbons (Fsp3) is 0.545. The SMILES string of the molecule is Cc1ccc(-n2cc(C(=O)N3C4CCNCC3CC4)c(C(C)(C)C)n2)cc1. The number of rotatable bonds is 2. The van der Waals surface area contributed by atoms with Crippen molar-refractivity contribution < 1.29 is 4.79 Å². The Morgan fingerprint density at radius 3 is 2.52 bits per heavy atom. The molecule has 2 fully saturated rings. The molecular weight excluding hydrogens is 336 g/mol. The smallest absolute Gasteiger partial charge is 0.257 e. The molecule has 4 rings (SSSR count). The van der Waals surface area contributed by atoms with Crippen LogP contribution in [0.1, 0.15) is 61.6 Å². The van der Waals surface area contributed by atoms with Gasteiger partial charge in [-0.25, -0.2) is 4.68 Å². The Hall–Kier alpha value is -2.14. The highest BCUT2D eigenvalue weighted by Gasteiger charge is 2.40. The summed E-state index contributed by atoms with van der Waals surface area (Å²) in [4.78, 5) is 15.8. The topological polar surface area (TPSA) is 50.2 Å². The first-order chi connectivity index (χ1) is 12.8. The van der Waals surface area contributed by atoms with Gasteiger partial charge in [0.25, 0.3) is 5.91 Å². The zero-order valence-electron chi connectivity index (χ0n) is 16.8. The van der Waals surface area contributed by atoms with Crippen molar-refractivity contribution in [2.45, 2.75) is 64.5 Å². The molecule has 2 saturated heterocycles. The largest absolute Gasteiger partial charge is 0.331 e. The zero-order chi connectivity index (χ0) is 19.2. The molecule has 5 heteroatoms. The molecule has 2 atom stereocenters. The van der Waals surface area contributed by atoms with Gasteiger partial charge in [0.2, 0.25) is 0 Å². The number of nitrogens with one attached hydrogen (secondary N) is 1. The summed E-state index contributed by atoms with van der Waals surface area (Å²) in [5.41, 5.74) is 3.65. The van der Waals surface area contributed by atoms with Gasteiger partial charge in [-0.15, -0.1) is 0 Å². The minimum absolute atomic E-state index is 0.148. The first-order valence-corrected chi connectivity index (χ1v) is 10.0. The fourth-order valence-electron chi connectivity index (χ4n) is 4.37. The maximum absolute atomic E-state index is 13.6. The van der Waals surface area contributed by atoms with Crippen LogP contribution in [0.2, 0.25) is 0 Å². The van der Waals surface area contributed by atoms with Gasteiger partial charge in [0.1, 0.15) is 0 Å². The van der Waals surface area contributed by atoms with Crippen molar-refractivity contribution in [1.29, 1.82) is 0 Å². The Kier molecular flexibility index (Phi) is 4.58. The normalized spacial score (nSPS) is 22.7. The standard InChI is InChI=1S/C22H30N4O/c1-15-5-7-16(8-6-15)25-14-19(20(24-25)22(2,3)4)21(27)26-17-9-10-18(26)13-23-12-11-17/h5-8,14,17-18,23H,9-13H2,1-4H3. The van der Waals surface area contributed by atoms with Crippen LogP contribution in [-0.4, -0.2) is 45.8 Å². The van der Waals surface area contributed by atoms with Crippen LogP contribution in [0.15, 0.2) is 30.5 Å². The van der Waals surface area contributed by atoms with E-state index in [1.807, 2.05) is 10.9 Å². The van der Waals surface area contributed by atoms with Gasteiger partial charge in [0.15, 0.2) is 0 Å². The van der Waals surface area contributed by atoms with E-state index in [1.54, 1.807) is 0 Å². The summed E-state index contributed by atoms with van der Waals surface area (Å²) in [6.07, 6.45) is 5.19. The number of hydrogen-bond acceptors (Lipinski definition) is 3. The van der Waals surface area contributed by atoms with E-state index >= 15 is 0 Å². The highest BCUT2D eigenvalue weighted by atomic mass is 16.2. The van der Waals surface area contributed by atoms with Crippen LogP contribution >= 0.6 is 0 Å². The van der Waals surface area contributed by atoms with E-state index in [2.05, 4.69) is 62.2 Å². The lowest BCUT2D eigenvalue weighted by atomic mass is 9.89. The van der Waals surface area contributed by atoms with Gasteiger partial charge in [-0.1, -0.05) is 38.5 Å². The number of carbonyl (C=O) groups is 1. The quantitative estimate of drug-likeness (QED) is 0.886. The van der Waals surface area contributed by atoms with Gasteiger partial charge >= 0.3 is 0 Å². The molecule has 144 valence electrons. The van der Waals surface area contributed by atoms with E-state index in [0.29, 0.717) is 12.1 Å². The summed E-state index contributed by atoms with van der Waals surface area (Å²) >= 11 is 0. The second-order valence-electron chi connectivity index (χ2n) is 9.01. The number of aromatic nitrogens is 2. The van der Waals surface area contributed by atoms with E-state index in [9.17, 15) is 4.79 Å². The highest BCUT2D eigenvalue weighted by molar-refractivity contribution is 5.96. The third kappa shape index (κ3) is 3.41. The van der Waals surface area contributed by atoms with Crippen molar-refractivity contribution in [1.82, 2.24) is 20.0 Å². The maximum Gasteiger partial charge on any atom is 0.257 e. The van der Waals surface area contributed by atoms with E-state index in [0.717, 1.165) is 49.3 Å². The third-order valence-electron chi connectivity index (χ3n) is 5.84. The van der Waals surface area contributed by atoms with E-state index in [4.69, 9.17) is 5.10 Å².